The van der Waals surface area contributed by atoms with Crippen molar-refractivity contribution in [1.29, 1.82) is 10.5 Å². The van der Waals surface area contributed by atoms with Gasteiger partial charge in [-0.3, -0.25) is 9.59 Å². The van der Waals surface area contributed by atoms with Crippen molar-refractivity contribution in [1.82, 2.24) is 0 Å². The summed E-state index contributed by atoms with van der Waals surface area (Å²) in [5.74, 6) is -2.20. The zero-order valence-corrected chi connectivity index (χ0v) is 17.5. The summed E-state index contributed by atoms with van der Waals surface area (Å²) in [6.07, 6.45) is 1.48. The van der Waals surface area contributed by atoms with E-state index in [1.54, 1.807) is 18.2 Å². The Morgan fingerprint density at radius 1 is 1.16 bits per heavy atom. The van der Waals surface area contributed by atoms with Crippen LogP contribution in [0.25, 0.3) is 10.8 Å². The van der Waals surface area contributed by atoms with Gasteiger partial charge in [-0.25, -0.2) is 0 Å². The number of hydrogen-bond acceptors (Lipinski definition) is 6. The SMILES string of the molecule is CC1(C)/C(=C/C2=C(O)C(=O)C2=C(C#N)C#N)N(CCC(=O)O)c2ccc3ccccc3c21. The highest BCUT2D eigenvalue weighted by molar-refractivity contribution is 6.20. The minimum absolute atomic E-state index is 0.116. The Labute approximate surface area is 184 Å². The van der Waals surface area contributed by atoms with E-state index in [0.717, 1.165) is 22.0 Å². The first kappa shape index (κ1) is 20.9. The molecule has 0 fully saturated rings. The number of nitrogens with zero attached hydrogens (tertiary/aromatic N) is 3. The Morgan fingerprint density at radius 3 is 2.50 bits per heavy atom. The minimum atomic E-state index is -0.950. The molecule has 2 aromatic rings. The van der Waals surface area contributed by atoms with E-state index in [1.807, 2.05) is 55.1 Å². The lowest BCUT2D eigenvalue weighted by atomic mass is 9.78. The lowest BCUT2D eigenvalue weighted by Gasteiger charge is -2.29. The lowest BCUT2D eigenvalue weighted by molar-refractivity contribution is -0.136. The molecule has 2 aromatic carbocycles. The number of carbonyl (C=O) groups excluding carboxylic acids is 1. The van der Waals surface area contributed by atoms with Crippen molar-refractivity contribution in [2.75, 3.05) is 11.4 Å². The number of carbonyl (C=O) groups is 2. The number of benzene rings is 2. The number of hydrogen-bond donors (Lipinski definition) is 2. The molecule has 0 bridgehead atoms. The van der Waals surface area contributed by atoms with Crippen LogP contribution < -0.4 is 4.90 Å². The zero-order chi connectivity index (χ0) is 23.2. The highest BCUT2D eigenvalue weighted by Crippen LogP contribution is 2.51. The molecule has 0 radical (unpaired) electrons. The van der Waals surface area contributed by atoms with Gasteiger partial charge in [0.15, 0.2) is 5.76 Å². The third kappa shape index (κ3) is 2.95. The highest BCUT2D eigenvalue weighted by atomic mass is 16.4. The van der Waals surface area contributed by atoms with Gasteiger partial charge in [-0.15, -0.1) is 0 Å². The van der Waals surface area contributed by atoms with Gasteiger partial charge in [0.25, 0.3) is 0 Å². The maximum atomic E-state index is 12.2. The summed E-state index contributed by atoms with van der Waals surface area (Å²) in [5.41, 5.74) is 1.55. The molecule has 1 aliphatic heterocycles. The predicted octanol–water partition coefficient (Wildman–Crippen LogP) is 4.03. The molecule has 7 heteroatoms. The Balaban J connectivity index is 1.96. The van der Waals surface area contributed by atoms with Gasteiger partial charge in [0.2, 0.25) is 5.78 Å². The molecular weight excluding hydrogens is 406 g/mol. The van der Waals surface area contributed by atoms with E-state index in [9.17, 15) is 30.3 Å². The number of Topliss-reactive ketones (excluding diaryl/α,β-unsaturated/α-hetero) is 1. The summed E-state index contributed by atoms with van der Waals surface area (Å²) in [7, 11) is 0. The zero-order valence-electron chi connectivity index (χ0n) is 17.5. The number of carboxylic acids is 1. The molecule has 0 spiro atoms. The molecule has 158 valence electrons. The Bertz CT molecular complexity index is 1360. The molecule has 0 saturated carbocycles. The van der Waals surface area contributed by atoms with Crippen LogP contribution in [0.4, 0.5) is 5.69 Å². The highest BCUT2D eigenvalue weighted by Gasteiger charge is 2.44. The molecule has 1 heterocycles. The fourth-order valence-electron chi connectivity index (χ4n) is 4.52. The van der Waals surface area contributed by atoms with Crippen molar-refractivity contribution in [3.05, 3.63) is 76.2 Å². The standard InChI is InChI=1S/C25H19N3O4/c1-25(2)19(11-17-21(15(12-26)13-27)24(32)23(17)31)28(10-9-20(29)30)18-8-7-14-5-3-4-6-16(14)22(18)25/h3-8,11,31H,9-10H2,1-2H3,(H,29,30)/b19-11-. The predicted molar refractivity (Wildman–Crippen MR) is 118 cm³/mol. The summed E-state index contributed by atoms with van der Waals surface area (Å²) < 4.78 is 0. The molecule has 2 N–H and O–H groups in total. The average molecular weight is 425 g/mol. The van der Waals surface area contributed by atoms with Crippen LogP contribution in [0.2, 0.25) is 0 Å². The number of fused-ring (bicyclic) bond motifs is 3. The van der Waals surface area contributed by atoms with Gasteiger partial charge < -0.3 is 15.1 Å². The van der Waals surface area contributed by atoms with Gasteiger partial charge in [-0.2, -0.15) is 10.5 Å². The summed E-state index contributed by atoms with van der Waals surface area (Å²) in [4.78, 5) is 25.4. The number of nitriles is 2. The van der Waals surface area contributed by atoms with Crippen molar-refractivity contribution < 1.29 is 19.8 Å². The van der Waals surface area contributed by atoms with Crippen molar-refractivity contribution in [3.8, 4) is 12.1 Å². The van der Waals surface area contributed by atoms with Gasteiger partial charge >= 0.3 is 5.97 Å². The monoisotopic (exact) mass is 425 g/mol. The van der Waals surface area contributed by atoms with Gasteiger partial charge in [0, 0.05) is 28.9 Å². The van der Waals surface area contributed by atoms with Crippen LogP contribution in [0.1, 0.15) is 25.8 Å². The number of rotatable bonds is 4. The second kappa shape index (κ2) is 7.40. The van der Waals surface area contributed by atoms with E-state index in [-0.39, 0.29) is 29.7 Å². The van der Waals surface area contributed by atoms with E-state index in [0.29, 0.717) is 5.70 Å². The number of allylic oxidation sites excluding steroid dienone is 5. The van der Waals surface area contributed by atoms with Crippen molar-refractivity contribution in [2.24, 2.45) is 0 Å². The summed E-state index contributed by atoms with van der Waals surface area (Å²) >= 11 is 0. The summed E-state index contributed by atoms with van der Waals surface area (Å²) in [6, 6.07) is 15.2. The molecule has 1 aliphatic carbocycles. The maximum absolute atomic E-state index is 12.2. The fraction of sp³-hybridized carbons (Fsp3) is 0.200. The Morgan fingerprint density at radius 2 is 1.84 bits per heavy atom. The van der Waals surface area contributed by atoms with Crippen LogP contribution in [-0.2, 0) is 15.0 Å². The first-order valence-corrected chi connectivity index (χ1v) is 9.99. The largest absolute Gasteiger partial charge is 0.504 e. The molecule has 2 aliphatic rings. The molecule has 0 amide bonds. The smallest absolute Gasteiger partial charge is 0.305 e. The van der Waals surface area contributed by atoms with Crippen LogP contribution in [0.5, 0.6) is 0 Å². The molecule has 0 aromatic heterocycles. The van der Waals surface area contributed by atoms with Gasteiger partial charge in [0.1, 0.15) is 17.7 Å². The third-order valence-electron chi connectivity index (χ3n) is 6.02. The Hall–Kier alpha value is -4.36. The molecule has 4 rings (SSSR count). The van der Waals surface area contributed by atoms with Crippen LogP contribution >= 0.6 is 0 Å². The first-order chi connectivity index (χ1) is 15.2. The maximum Gasteiger partial charge on any atom is 0.305 e. The molecular formula is C25H19N3O4. The summed E-state index contributed by atoms with van der Waals surface area (Å²) in [5, 5.41) is 40.0. The van der Waals surface area contributed by atoms with Crippen LogP contribution in [0.3, 0.4) is 0 Å². The van der Waals surface area contributed by atoms with E-state index in [4.69, 9.17) is 0 Å². The molecule has 7 nitrogen and oxygen atoms in total. The van der Waals surface area contributed by atoms with Crippen molar-refractivity contribution in [2.45, 2.75) is 25.7 Å². The van der Waals surface area contributed by atoms with Crippen LogP contribution in [-0.4, -0.2) is 28.5 Å². The van der Waals surface area contributed by atoms with E-state index in [1.165, 1.54) is 0 Å². The number of carboxylic acid groups (broad SMARTS) is 1. The number of aliphatic hydroxyl groups is 1. The average Bonchev–Trinajstić information content (AvgIpc) is 3.00. The fourth-order valence-corrected chi connectivity index (χ4v) is 4.52. The molecule has 0 atom stereocenters. The topological polar surface area (TPSA) is 125 Å². The first-order valence-electron chi connectivity index (χ1n) is 9.99. The Kier molecular flexibility index (Phi) is 4.83. The molecule has 0 unspecified atom stereocenters. The van der Waals surface area contributed by atoms with Crippen molar-refractivity contribution >= 4 is 28.2 Å². The van der Waals surface area contributed by atoms with Gasteiger partial charge in [-0.1, -0.05) is 44.2 Å². The summed E-state index contributed by atoms with van der Waals surface area (Å²) in [6.45, 7) is 4.16. The second-order valence-corrected chi connectivity index (χ2v) is 8.20. The normalized spacial score (nSPS) is 17.8. The number of ketones is 1. The minimum Gasteiger partial charge on any atom is -0.504 e. The number of aliphatic carboxylic acids is 1. The van der Waals surface area contributed by atoms with Gasteiger partial charge in [0.05, 0.1) is 12.0 Å². The molecule has 0 saturated heterocycles. The van der Waals surface area contributed by atoms with Crippen molar-refractivity contribution in [3.63, 3.8) is 0 Å². The van der Waals surface area contributed by atoms with Crippen LogP contribution in [0, 0.1) is 22.7 Å². The van der Waals surface area contributed by atoms with E-state index in [2.05, 4.69) is 0 Å². The lowest BCUT2D eigenvalue weighted by Crippen LogP contribution is -2.30. The van der Waals surface area contributed by atoms with E-state index >= 15 is 0 Å². The van der Waals surface area contributed by atoms with Crippen LogP contribution in [0.15, 0.2) is 70.6 Å². The van der Waals surface area contributed by atoms with E-state index < -0.39 is 22.9 Å². The quantitative estimate of drug-likeness (QED) is 0.559. The molecule has 32 heavy (non-hydrogen) atoms. The second-order valence-electron chi connectivity index (χ2n) is 8.20. The number of aliphatic hydroxyl groups excluding tert-OH is 1. The third-order valence-corrected chi connectivity index (χ3v) is 6.02. The number of anilines is 1. The van der Waals surface area contributed by atoms with Gasteiger partial charge in [-0.05, 0) is 28.5 Å².